The third-order valence-corrected chi connectivity index (χ3v) is 3.47. The molecule has 1 heterocycles. The lowest BCUT2D eigenvalue weighted by atomic mass is 10.1. The highest BCUT2D eigenvalue weighted by Crippen LogP contribution is 2.28. The van der Waals surface area contributed by atoms with Crippen LogP contribution >= 0.6 is 22.6 Å². The summed E-state index contributed by atoms with van der Waals surface area (Å²) in [6, 6.07) is 6.67. The molecule has 0 amide bonds. The lowest BCUT2D eigenvalue weighted by Gasteiger charge is -2.07. The average Bonchev–Trinajstić information content (AvgIpc) is 2.65. The lowest BCUT2D eigenvalue weighted by Crippen LogP contribution is -2.22. The van der Waals surface area contributed by atoms with Crippen LogP contribution in [0.3, 0.4) is 0 Å². The predicted molar refractivity (Wildman–Crippen MR) is 81.6 cm³/mol. The summed E-state index contributed by atoms with van der Waals surface area (Å²) in [6.45, 7) is 5.58. The van der Waals surface area contributed by atoms with E-state index in [0.717, 1.165) is 28.8 Å². The second-order valence-corrected chi connectivity index (χ2v) is 5.86. The number of ether oxygens (including phenoxy) is 1. The second-order valence-electron chi connectivity index (χ2n) is 4.61. The van der Waals surface area contributed by atoms with E-state index in [1.54, 1.807) is 7.11 Å². The largest absolute Gasteiger partial charge is 0.459 e. The minimum absolute atomic E-state index is 0.439. The highest BCUT2D eigenvalue weighted by molar-refractivity contribution is 14.1. The molecule has 3 nitrogen and oxygen atoms in total. The van der Waals surface area contributed by atoms with Crippen LogP contribution in [0.25, 0.3) is 11.0 Å². The van der Waals surface area contributed by atoms with E-state index in [0.29, 0.717) is 12.6 Å². The number of methoxy groups -OCH3 is 1. The smallest absolute Gasteiger partial charge is 0.134 e. The van der Waals surface area contributed by atoms with Gasteiger partial charge in [0, 0.05) is 27.7 Å². The maximum Gasteiger partial charge on any atom is 0.134 e. The second kappa shape index (κ2) is 6.04. The van der Waals surface area contributed by atoms with Crippen LogP contribution in [-0.2, 0) is 17.9 Å². The number of fused-ring (bicyclic) bond motifs is 1. The zero-order chi connectivity index (χ0) is 13.1. The van der Waals surface area contributed by atoms with Crippen molar-refractivity contribution in [2.75, 3.05) is 7.11 Å². The summed E-state index contributed by atoms with van der Waals surface area (Å²) in [4.78, 5) is 0. The fourth-order valence-corrected chi connectivity index (χ4v) is 2.40. The summed E-state index contributed by atoms with van der Waals surface area (Å²) in [5, 5.41) is 4.54. The van der Waals surface area contributed by atoms with Crippen molar-refractivity contribution in [1.82, 2.24) is 5.32 Å². The highest BCUT2D eigenvalue weighted by atomic mass is 127. The number of hydrogen-bond donors (Lipinski definition) is 1. The van der Waals surface area contributed by atoms with Gasteiger partial charge in [-0.25, -0.2) is 0 Å². The molecule has 0 spiro atoms. The van der Waals surface area contributed by atoms with E-state index in [-0.39, 0.29) is 0 Å². The van der Waals surface area contributed by atoms with Crippen LogP contribution in [0.1, 0.15) is 25.2 Å². The van der Waals surface area contributed by atoms with Crippen molar-refractivity contribution in [2.24, 2.45) is 0 Å². The third-order valence-electron chi connectivity index (χ3n) is 2.80. The van der Waals surface area contributed by atoms with Crippen LogP contribution in [0, 0.1) is 3.57 Å². The normalized spacial score (nSPS) is 11.6. The monoisotopic (exact) mass is 359 g/mol. The zero-order valence-corrected chi connectivity index (χ0v) is 13.1. The van der Waals surface area contributed by atoms with Gasteiger partial charge in [0.2, 0.25) is 0 Å². The first-order valence-electron chi connectivity index (χ1n) is 6.04. The summed E-state index contributed by atoms with van der Waals surface area (Å²) in [5.41, 5.74) is 2.09. The molecule has 1 aromatic heterocycles. The summed E-state index contributed by atoms with van der Waals surface area (Å²) in [6.07, 6.45) is 0. The molecule has 18 heavy (non-hydrogen) atoms. The van der Waals surface area contributed by atoms with Crippen LogP contribution in [0.2, 0.25) is 0 Å². The minimum atomic E-state index is 0.439. The maximum atomic E-state index is 5.91. The molecule has 0 atom stereocenters. The maximum absolute atomic E-state index is 5.91. The van der Waals surface area contributed by atoms with Crippen LogP contribution in [-0.4, -0.2) is 13.2 Å². The van der Waals surface area contributed by atoms with Gasteiger partial charge in [0.05, 0.1) is 13.2 Å². The molecular weight excluding hydrogens is 341 g/mol. The molecule has 0 saturated carbocycles. The zero-order valence-electron chi connectivity index (χ0n) is 10.9. The molecule has 0 bridgehead atoms. The minimum Gasteiger partial charge on any atom is -0.459 e. The van der Waals surface area contributed by atoms with Crippen molar-refractivity contribution in [3.8, 4) is 0 Å². The van der Waals surface area contributed by atoms with Crippen LogP contribution < -0.4 is 5.32 Å². The fraction of sp³-hybridized carbons (Fsp3) is 0.429. The van der Waals surface area contributed by atoms with Crippen molar-refractivity contribution in [1.29, 1.82) is 0 Å². The van der Waals surface area contributed by atoms with Gasteiger partial charge in [-0.1, -0.05) is 13.8 Å². The number of halogens is 1. The molecule has 0 unspecified atom stereocenters. The molecule has 0 fully saturated rings. The van der Waals surface area contributed by atoms with E-state index in [2.05, 4.69) is 53.9 Å². The summed E-state index contributed by atoms with van der Waals surface area (Å²) >= 11 is 2.32. The Balaban J connectivity index is 2.41. The SMILES string of the molecule is COCc1c(CNC(C)C)oc2ccc(I)cc12. The molecule has 0 saturated heterocycles. The molecular formula is C14H18INO2. The van der Waals surface area contributed by atoms with Gasteiger partial charge in [-0.3, -0.25) is 0 Å². The third kappa shape index (κ3) is 3.05. The summed E-state index contributed by atoms with van der Waals surface area (Å²) in [5.74, 6) is 0.975. The Kier molecular flexibility index (Phi) is 4.64. The molecule has 1 N–H and O–H groups in total. The van der Waals surface area contributed by atoms with Gasteiger partial charge in [-0.15, -0.1) is 0 Å². The van der Waals surface area contributed by atoms with E-state index in [1.807, 2.05) is 6.07 Å². The number of hydrogen-bond acceptors (Lipinski definition) is 3. The van der Waals surface area contributed by atoms with Gasteiger partial charge in [0.15, 0.2) is 0 Å². The van der Waals surface area contributed by atoms with Crippen LogP contribution in [0.15, 0.2) is 22.6 Å². The first-order chi connectivity index (χ1) is 8.61. The molecule has 0 aliphatic carbocycles. The molecule has 2 aromatic rings. The molecule has 0 radical (unpaired) electrons. The van der Waals surface area contributed by atoms with Crippen molar-refractivity contribution in [2.45, 2.75) is 33.0 Å². The Morgan fingerprint density at radius 3 is 2.83 bits per heavy atom. The Hall–Kier alpha value is -0.590. The lowest BCUT2D eigenvalue weighted by molar-refractivity contribution is 0.183. The van der Waals surface area contributed by atoms with E-state index in [9.17, 15) is 0 Å². The quantitative estimate of drug-likeness (QED) is 0.827. The van der Waals surface area contributed by atoms with E-state index in [4.69, 9.17) is 9.15 Å². The number of furan rings is 1. The Morgan fingerprint density at radius 2 is 2.17 bits per heavy atom. The molecule has 1 aromatic carbocycles. The van der Waals surface area contributed by atoms with Crippen molar-refractivity contribution < 1.29 is 9.15 Å². The number of nitrogens with one attached hydrogen (secondary N) is 1. The standard InChI is InChI=1S/C14H18INO2/c1-9(2)16-7-14-12(8-17-3)11-6-10(15)4-5-13(11)18-14/h4-6,9,16H,7-8H2,1-3H3. The van der Waals surface area contributed by atoms with E-state index in [1.165, 1.54) is 3.57 Å². The highest BCUT2D eigenvalue weighted by Gasteiger charge is 2.14. The molecule has 98 valence electrons. The predicted octanol–water partition coefficient (Wildman–Crippen LogP) is 3.68. The average molecular weight is 359 g/mol. The van der Waals surface area contributed by atoms with Gasteiger partial charge in [0.1, 0.15) is 11.3 Å². The van der Waals surface area contributed by atoms with Gasteiger partial charge < -0.3 is 14.5 Å². The van der Waals surface area contributed by atoms with Gasteiger partial charge in [-0.2, -0.15) is 0 Å². The Morgan fingerprint density at radius 1 is 1.39 bits per heavy atom. The number of benzene rings is 1. The van der Waals surface area contributed by atoms with Gasteiger partial charge in [-0.05, 0) is 40.8 Å². The molecule has 4 heteroatoms. The Labute approximate surface area is 121 Å². The number of rotatable bonds is 5. The van der Waals surface area contributed by atoms with Crippen LogP contribution in [0.5, 0.6) is 0 Å². The van der Waals surface area contributed by atoms with E-state index < -0.39 is 0 Å². The Bertz CT molecular complexity index is 534. The van der Waals surface area contributed by atoms with Gasteiger partial charge >= 0.3 is 0 Å². The molecule has 0 aliphatic rings. The van der Waals surface area contributed by atoms with Gasteiger partial charge in [0.25, 0.3) is 0 Å². The molecule has 0 aliphatic heterocycles. The summed E-state index contributed by atoms with van der Waals surface area (Å²) in [7, 11) is 1.71. The van der Waals surface area contributed by atoms with Crippen molar-refractivity contribution >= 4 is 33.6 Å². The van der Waals surface area contributed by atoms with Crippen molar-refractivity contribution in [3.63, 3.8) is 0 Å². The first-order valence-corrected chi connectivity index (χ1v) is 7.11. The summed E-state index contributed by atoms with van der Waals surface area (Å²) < 4.78 is 12.4. The first kappa shape index (κ1) is 13.8. The van der Waals surface area contributed by atoms with Crippen LogP contribution in [0.4, 0.5) is 0 Å². The molecule has 2 rings (SSSR count). The topological polar surface area (TPSA) is 34.4 Å². The fourth-order valence-electron chi connectivity index (χ4n) is 1.91. The van der Waals surface area contributed by atoms with Crippen molar-refractivity contribution in [3.05, 3.63) is 33.1 Å². The van der Waals surface area contributed by atoms with E-state index >= 15 is 0 Å².